The summed E-state index contributed by atoms with van der Waals surface area (Å²) < 4.78 is 33.1. The number of benzene rings is 2. The minimum Gasteiger partial charge on any atom is -0.497 e. The molecule has 0 bridgehead atoms. The standard InChI is InChI=1S/C24H28N2O5S/c1-17(27)26-13-3-4-20-16-22(9-10-23(20)26)32(29,30)25-14-11-19(12-15-25)24(28)18-5-7-21(31-2)8-6-18/h5-10,16,19H,3-4,11-15H2,1-2H3. The second-order valence-electron chi connectivity index (χ2n) is 8.34. The van der Waals surface area contributed by atoms with E-state index in [9.17, 15) is 18.0 Å². The summed E-state index contributed by atoms with van der Waals surface area (Å²) in [5.74, 6) is 0.509. The molecule has 170 valence electrons. The molecule has 8 heteroatoms. The molecule has 2 aromatic rings. The predicted octanol–water partition coefficient (Wildman–Crippen LogP) is 3.28. The van der Waals surface area contributed by atoms with Crippen molar-refractivity contribution < 1.29 is 22.7 Å². The van der Waals surface area contributed by atoms with Gasteiger partial charge < -0.3 is 9.64 Å². The number of hydrogen-bond donors (Lipinski definition) is 0. The second kappa shape index (κ2) is 9.03. The van der Waals surface area contributed by atoms with Gasteiger partial charge in [-0.3, -0.25) is 9.59 Å². The number of ketones is 1. The number of rotatable bonds is 5. The zero-order valence-corrected chi connectivity index (χ0v) is 19.2. The highest BCUT2D eigenvalue weighted by Gasteiger charge is 2.33. The van der Waals surface area contributed by atoms with Crippen LogP contribution in [0.25, 0.3) is 0 Å². The van der Waals surface area contributed by atoms with E-state index in [1.165, 1.54) is 11.2 Å². The topological polar surface area (TPSA) is 84.0 Å². The third-order valence-corrected chi connectivity index (χ3v) is 8.28. The Morgan fingerprint density at radius 1 is 1.00 bits per heavy atom. The van der Waals surface area contributed by atoms with Crippen LogP contribution in [0.5, 0.6) is 5.75 Å². The van der Waals surface area contributed by atoms with E-state index in [4.69, 9.17) is 4.74 Å². The van der Waals surface area contributed by atoms with E-state index >= 15 is 0 Å². The van der Waals surface area contributed by atoms with Crippen molar-refractivity contribution in [3.8, 4) is 5.75 Å². The lowest BCUT2D eigenvalue weighted by atomic mass is 9.89. The molecule has 4 rings (SSSR count). The molecule has 1 fully saturated rings. The first kappa shape index (κ1) is 22.5. The van der Waals surface area contributed by atoms with Crippen molar-refractivity contribution in [2.75, 3.05) is 31.6 Å². The number of amides is 1. The Balaban J connectivity index is 1.46. The quantitative estimate of drug-likeness (QED) is 0.645. The minimum absolute atomic E-state index is 0.0369. The molecule has 0 aliphatic carbocycles. The Labute approximate surface area is 189 Å². The van der Waals surface area contributed by atoms with Gasteiger partial charge in [0.1, 0.15) is 5.75 Å². The summed E-state index contributed by atoms with van der Waals surface area (Å²) in [6.07, 6.45) is 2.55. The SMILES string of the molecule is COc1ccc(C(=O)C2CCN(S(=O)(=O)c3ccc4c(c3)CCCN4C(C)=O)CC2)cc1. The van der Waals surface area contributed by atoms with Crippen molar-refractivity contribution in [3.05, 3.63) is 53.6 Å². The summed E-state index contributed by atoms with van der Waals surface area (Å²) >= 11 is 0. The number of anilines is 1. The summed E-state index contributed by atoms with van der Waals surface area (Å²) in [5, 5.41) is 0. The maximum Gasteiger partial charge on any atom is 0.243 e. The lowest BCUT2D eigenvalue weighted by molar-refractivity contribution is -0.116. The number of ether oxygens (including phenoxy) is 1. The van der Waals surface area contributed by atoms with Gasteiger partial charge in [-0.2, -0.15) is 4.31 Å². The highest BCUT2D eigenvalue weighted by molar-refractivity contribution is 7.89. The Bertz CT molecular complexity index is 1120. The first-order valence-electron chi connectivity index (χ1n) is 10.9. The van der Waals surface area contributed by atoms with Gasteiger partial charge in [0.25, 0.3) is 0 Å². The molecule has 2 aliphatic heterocycles. The lowest BCUT2D eigenvalue weighted by Gasteiger charge is -2.32. The molecule has 0 spiro atoms. The van der Waals surface area contributed by atoms with E-state index in [1.54, 1.807) is 54.5 Å². The molecule has 2 aromatic carbocycles. The van der Waals surface area contributed by atoms with Crippen molar-refractivity contribution in [2.45, 2.75) is 37.5 Å². The van der Waals surface area contributed by atoms with E-state index in [-0.39, 0.29) is 22.5 Å². The Morgan fingerprint density at radius 3 is 2.31 bits per heavy atom. The molecule has 1 amide bonds. The highest BCUT2D eigenvalue weighted by atomic mass is 32.2. The monoisotopic (exact) mass is 456 g/mol. The van der Waals surface area contributed by atoms with Crippen LogP contribution in [0.1, 0.15) is 42.1 Å². The number of carbonyl (C=O) groups is 2. The third kappa shape index (κ3) is 4.29. The maximum absolute atomic E-state index is 13.3. The Kier molecular flexibility index (Phi) is 6.35. The lowest BCUT2D eigenvalue weighted by Crippen LogP contribution is -2.40. The highest BCUT2D eigenvalue weighted by Crippen LogP contribution is 2.32. The van der Waals surface area contributed by atoms with Gasteiger partial charge in [0.05, 0.1) is 12.0 Å². The summed E-state index contributed by atoms with van der Waals surface area (Å²) in [4.78, 5) is 26.7. The summed E-state index contributed by atoms with van der Waals surface area (Å²) in [6.45, 7) is 2.80. The molecule has 2 aliphatic rings. The fourth-order valence-electron chi connectivity index (χ4n) is 4.56. The van der Waals surface area contributed by atoms with Crippen LogP contribution in [0.2, 0.25) is 0 Å². The minimum atomic E-state index is -3.65. The van der Waals surface area contributed by atoms with Gasteiger partial charge in [-0.15, -0.1) is 0 Å². The smallest absolute Gasteiger partial charge is 0.243 e. The van der Waals surface area contributed by atoms with Gasteiger partial charge in [0, 0.05) is 43.7 Å². The van der Waals surface area contributed by atoms with Gasteiger partial charge in [-0.1, -0.05) is 0 Å². The molecule has 2 heterocycles. The zero-order chi connectivity index (χ0) is 22.9. The largest absolute Gasteiger partial charge is 0.497 e. The average molecular weight is 457 g/mol. The number of piperidine rings is 1. The van der Waals surface area contributed by atoms with Crippen molar-refractivity contribution in [1.29, 1.82) is 0 Å². The van der Waals surface area contributed by atoms with Crippen molar-refractivity contribution in [1.82, 2.24) is 4.31 Å². The number of nitrogens with zero attached hydrogens (tertiary/aromatic N) is 2. The number of hydrogen-bond acceptors (Lipinski definition) is 5. The van der Waals surface area contributed by atoms with Gasteiger partial charge >= 0.3 is 0 Å². The Hall–Kier alpha value is -2.71. The van der Waals surface area contributed by atoms with Gasteiger partial charge in [0.2, 0.25) is 15.9 Å². The first-order chi connectivity index (χ1) is 15.3. The van der Waals surface area contributed by atoms with Crippen LogP contribution in [-0.2, 0) is 21.2 Å². The Morgan fingerprint density at radius 2 is 1.69 bits per heavy atom. The third-order valence-electron chi connectivity index (χ3n) is 6.39. The van der Waals surface area contributed by atoms with Crippen LogP contribution in [-0.4, -0.2) is 51.2 Å². The maximum atomic E-state index is 13.3. The number of sulfonamides is 1. The van der Waals surface area contributed by atoms with E-state index < -0.39 is 10.0 Å². The zero-order valence-electron chi connectivity index (χ0n) is 18.4. The van der Waals surface area contributed by atoms with Crippen LogP contribution < -0.4 is 9.64 Å². The van der Waals surface area contributed by atoms with Gasteiger partial charge in [-0.05, 0) is 73.7 Å². The van der Waals surface area contributed by atoms with Crippen LogP contribution in [0.3, 0.4) is 0 Å². The fraction of sp³-hybridized carbons (Fsp3) is 0.417. The van der Waals surface area contributed by atoms with Crippen molar-refractivity contribution in [2.24, 2.45) is 5.92 Å². The molecule has 0 radical (unpaired) electrons. The molecule has 0 aromatic heterocycles. The molecule has 0 unspecified atom stereocenters. The molecule has 7 nitrogen and oxygen atoms in total. The molecular formula is C24H28N2O5S. The predicted molar refractivity (Wildman–Crippen MR) is 122 cm³/mol. The normalized spacial score (nSPS) is 17.6. The number of fused-ring (bicyclic) bond motifs is 1. The summed E-state index contributed by atoms with van der Waals surface area (Å²) in [7, 11) is -2.08. The summed E-state index contributed by atoms with van der Waals surface area (Å²) in [6, 6.07) is 12.1. The van der Waals surface area contributed by atoms with Crippen LogP contribution in [0.4, 0.5) is 5.69 Å². The molecule has 0 saturated carbocycles. The molecule has 0 atom stereocenters. The average Bonchev–Trinajstić information content (AvgIpc) is 2.82. The molecular weight excluding hydrogens is 428 g/mol. The van der Waals surface area contributed by atoms with E-state index in [1.807, 2.05) is 0 Å². The van der Waals surface area contributed by atoms with Crippen LogP contribution in [0.15, 0.2) is 47.4 Å². The number of methoxy groups -OCH3 is 1. The van der Waals surface area contributed by atoms with Crippen LogP contribution in [0, 0.1) is 5.92 Å². The van der Waals surface area contributed by atoms with E-state index in [0.29, 0.717) is 43.8 Å². The first-order valence-corrected chi connectivity index (χ1v) is 12.3. The molecule has 0 N–H and O–H groups in total. The van der Waals surface area contributed by atoms with E-state index in [2.05, 4.69) is 0 Å². The second-order valence-corrected chi connectivity index (χ2v) is 10.3. The van der Waals surface area contributed by atoms with E-state index in [0.717, 1.165) is 24.1 Å². The molecule has 1 saturated heterocycles. The molecule has 32 heavy (non-hydrogen) atoms. The van der Waals surface area contributed by atoms with Gasteiger partial charge in [-0.25, -0.2) is 8.42 Å². The van der Waals surface area contributed by atoms with Crippen LogP contribution >= 0.6 is 0 Å². The fourth-order valence-corrected chi connectivity index (χ4v) is 6.08. The number of carbonyl (C=O) groups excluding carboxylic acids is 2. The number of aryl methyl sites for hydroxylation is 1. The van der Waals surface area contributed by atoms with Gasteiger partial charge in [0.15, 0.2) is 5.78 Å². The van der Waals surface area contributed by atoms with Crippen molar-refractivity contribution in [3.63, 3.8) is 0 Å². The summed E-state index contributed by atoms with van der Waals surface area (Å²) in [5.41, 5.74) is 2.31. The van der Waals surface area contributed by atoms with Crippen molar-refractivity contribution >= 4 is 27.4 Å². The number of Topliss-reactive ketones (excluding diaryl/α,β-unsaturated/α-hetero) is 1.